The highest BCUT2D eigenvalue weighted by Gasteiger charge is 2.15. The molecule has 0 spiro atoms. The van der Waals surface area contributed by atoms with E-state index < -0.39 is 11.8 Å². The first-order chi connectivity index (χ1) is 13.0. The molecular weight excluding hydrogens is 349 g/mol. The molecule has 3 rings (SSSR count). The number of esters is 1. The molecule has 0 saturated heterocycles. The Labute approximate surface area is 158 Å². The SMILES string of the molecule is COC(=O)c1cc(OCc2ccccc2)c(F)cc1N.OC1CCCCC1. The van der Waals surface area contributed by atoms with E-state index >= 15 is 0 Å². The number of carbonyl (C=O) groups is 1. The van der Waals surface area contributed by atoms with Crippen LogP contribution in [0.1, 0.15) is 48.0 Å². The number of hydrogen-bond acceptors (Lipinski definition) is 5. The van der Waals surface area contributed by atoms with Gasteiger partial charge in [-0.15, -0.1) is 0 Å². The number of aliphatic hydroxyl groups is 1. The number of rotatable bonds is 4. The van der Waals surface area contributed by atoms with E-state index in [-0.39, 0.29) is 29.7 Å². The van der Waals surface area contributed by atoms with E-state index in [0.717, 1.165) is 24.5 Å². The topological polar surface area (TPSA) is 81.8 Å². The molecule has 0 heterocycles. The van der Waals surface area contributed by atoms with Crippen LogP contribution in [0.3, 0.4) is 0 Å². The molecule has 146 valence electrons. The van der Waals surface area contributed by atoms with Crippen molar-refractivity contribution in [1.82, 2.24) is 0 Å². The number of methoxy groups -OCH3 is 1. The Morgan fingerprint density at radius 3 is 2.41 bits per heavy atom. The van der Waals surface area contributed by atoms with E-state index in [1.165, 1.54) is 32.4 Å². The van der Waals surface area contributed by atoms with Crippen LogP contribution in [0.5, 0.6) is 5.75 Å². The quantitative estimate of drug-likeness (QED) is 0.621. The third-order valence-corrected chi connectivity index (χ3v) is 4.32. The molecule has 1 aliphatic rings. The van der Waals surface area contributed by atoms with Crippen molar-refractivity contribution in [3.05, 3.63) is 59.4 Å². The molecule has 0 aliphatic heterocycles. The van der Waals surface area contributed by atoms with Crippen molar-refractivity contribution in [1.29, 1.82) is 0 Å². The molecule has 0 bridgehead atoms. The summed E-state index contributed by atoms with van der Waals surface area (Å²) in [5.74, 6) is -1.29. The minimum atomic E-state index is -0.632. The predicted octanol–water partition coefficient (Wildman–Crippen LogP) is 4.08. The van der Waals surface area contributed by atoms with Gasteiger partial charge >= 0.3 is 5.97 Å². The average Bonchev–Trinajstić information content (AvgIpc) is 2.68. The molecule has 6 heteroatoms. The van der Waals surface area contributed by atoms with Gasteiger partial charge in [0.1, 0.15) is 6.61 Å². The van der Waals surface area contributed by atoms with Crippen LogP contribution in [0.4, 0.5) is 10.1 Å². The zero-order valence-electron chi connectivity index (χ0n) is 15.5. The molecule has 3 N–H and O–H groups in total. The molecule has 1 aliphatic carbocycles. The van der Waals surface area contributed by atoms with Crippen LogP contribution in [0.15, 0.2) is 42.5 Å². The second-order valence-corrected chi connectivity index (χ2v) is 6.43. The maximum atomic E-state index is 13.7. The second-order valence-electron chi connectivity index (χ2n) is 6.43. The van der Waals surface area contributed by atoms with Crippen molar-refractivity contribution < 1.29 is 23.8 Å². The number of halogens is 1. The van der Waals surface area contributed by atoms with Crippen molar-refractivity contribution >= 4 is 11.7 Å². The van der Waals surface area contributed by atoms with Crippen molar-refractivity contribution in [3.8, 4) is 5.75 Å². The smallest absolute Gasteiger partial charge is 0.340 e. The number of nitrogen functional groups attached to an aromatic ring is 1. The summed E-state index contributed by atoms with van der Waals surface area (Å²) in [7, 11) is 1.23. The Morgan fingerprint density at radius 2 is 1.85 bits per heavy atom. The van der Waals surface area contributed by atoms with E-state index in [1.54, 1.807) is 0 Å². The third-order valence-electron chi connectivity index (χ3n) is 4.32. The first kappa shape index (κ1) is 20.7. The summed E-state index contributed by atoms with van der Waals surface area (Å²) in [6.07, 6.45) is 5.92. The van der Waals surface area contributed by atoms with Gasteiger partial charge in [0.15, 0.2) is 11.6 Å². The molecule has 1 fully saturated rings. The molecule has 2 aromatic carbocycles. The maximum Gasteiger partial charge on any atom is 0.340 e. The van der Waals surface area contributed by atoms with Gasteiger partial charge in [-0.05, 0) is 24.5 Å². The monoisotopic (exact) mass is 375 g/mol. The molecule has 0 amide bonds. The van der Waals surface area contributed by atoms with Crippen molar-refractivity contribution in [2.75, 3.05) is 12.8 Å². The van der Waals surface area contributed by atoms with Gasteiger partial charge in [0.25, 0.3) is 0 Å². The molecule has 1 saturated carbocycles. The molecular formula is C21H26FNO4. The van der Waals surface area contributed by atoms with Gasteiger partial charge in [0.05, 0.1) is 18.8 Å². The summed E-state index contributed by atoms with van der Waals surface area (Å²) in [4.78, 5) is 11.5. The molecule has 0 radical (unpaired) electrons. The van der Waals surface area contributed by atoms with Crippen LogP contribution < -0.4 is 10.5 Å². The van der Waals surface area contributed by atoms with Crippen LogP contribution >= 0.6 is 0 Å². The Kier molecular flexibility index (Phi) is 8.07. The second kappa shape index (κ2) is 10.5. The zero-order valence-corrected chi connectivity index (χ0v) is 15.5. The average molecular weight is 375 g/mol. The number of benzene rings is 2. The lowest BCUT2D eigenvalue weighted by atomic mass is 9.98. The first-order valence-corrected chi connectivity index (χ1v) is 9.03. The molecule has 0 aromatic heterocycles. The summed E-state index contributed by atoms with van der Waals surface area (Å²) >= 11 is 0. The van der Waals surface area contributed by atoms with E-state index in [0.29, 0.717) is 0 Å². The summed E-state index contributed by atoms with van der Waals surface area (Å²) in [6.45, 7) is 0.197. The van der Waals surface area contributed by atoms with Gasteiger partial charge in [-0.25, -0.2) is 9.18 Å². The van der Waals surface area contributed by atoms with Gasteiger partial charge in [-0.2, -0.15) is 0 Å². The molecule has 5 nitrogen and oxygen atoms in total. The highest BCUT2D eigenvalue weighted by molar-refractivity contribution is 5.95. The lowest BCUT2D eigenvalue weighted by Gasteiger charge is -2.14. The Hall–Kier alpha value is -2.60. The highest BCUT2D eigenvalue weighted by Crippen LogP contribution is 2.25. The highest BCUT2D eigenvalue weighted by atomic mass is 19.1. The molecule has 0 unspecified atom stereocenters. The fourth-order valence-corrected chi connectivity index (χ4v) is 2.78. The van der Waals surface area contributed by atoms with Gasteiger partial charge in [-0.1, -0.05) is 49.6 Å². The fraction of sp³-hybridized carbons (Fsp3) is 0.381. The Morgan fingerprint density at radius 1 is 1.19 bits per heavy atom. The van der Waals surface area contributed by atoms with E-state index in [9.17, 15) is 9.18 Å². The van der Waals surface area contributed by atoms with Gasteiger partial charge < -0.3 is 20.3 Å². The lowest BCUT2D eigenvalue weighted by Crippen LogP contribution is -2.09. The number of carbonyl (C=O) groups excluding carboxylic acids is 1. The van der Waals surface area contributed by atoms with Crippen LogP contribution in [0, 0.1) is 5.82 Å². The fourth-order valence-electron chi connectivity index (χ4n) is 2.78. The number of aliphatic hydroxyl groups excluding tert-OH is 1. The van der Waals surface area contributed by atoms with Crippen molar-refractivity contribution in [2.45, 2.75) is 44.8 Å². The minimum absolute atomic E-state index is 0.0152. The maximum absolute atomic E-state index is 13.7. The van der Waals surface area contributed by atoms with Crippen LogP contribution in [-0.2, 0) is 11.3 Å². The standard InChI is InChI=1S/C15H14FNO3.C6H12O/c1-19-15(18)11-7-14(12(16)8-13(11)17)20-9-10-5-3-2-4-6-10;7-6-4-2-1-3-5-6/h2-8H,9,17H2,1H3;6-7H,1-5H2. The van der Waals surface area contributed by atoms with Crippen LogP contribution in [0.2, 0.25) is 0 Å². The van der Waals surface area contributed by atoms with Gasteiger partial charge in [-0.3, -0.25) is 0 Å². The predicted molar refractivity (Wildman–Crippen MR) is 102 cm³/mol. The Bertz CT molecular complexity index is 730. The number of nitrogens with two attached hydrogens (primary N) is 1. The minimum Gasteiger partial charge on any atom is -0.486 e. The molecule has 0 atom stereocenters. The number of hydrogen-bond donors (Lipinski definition) is 2. The zero-order chi connectivity index (χ0) is 19.6. The van der Waals surface area contributed by atoms with E-state index in [4.69, 9.17) is 15.6 Å². The molecule has 2 aromatic rings. The largest absolute Gasteiger partial charge is 0.486 e. The summed E-state index contributed by atoms with van der Waals surface area (Å²) in [6, 6.07) is 11.6. The van der Waals surface area contributed by atoms with Crippen LogP contribution in [0.25, 0.3) is 0 Å². The van der Waals surface area contributed by atoms with Gasteiger partial charge in [0, 0.05) is 11.8 Å². The Balaban J connectivity index is 0.000000313. The summed E-state index contributed by atoms with van der Waals surface area (Å²) in [5, 5.41) is 8.91. The summed E-state index contributed by atoms with van der Waals surface area (Å²) in [5.41, 5.74) is 6.57. The summed E-state index contributed by atoms with van der Waals surface area (Å²) < 4.78 is 23.7. The first-order valence-electron chi connectivity index (χ1n) is 9.03. The lowest BCUT2D eigenvalue weighted by molar-refractivity contribution is 0.0601. The third kappa shape index (κ3) is 6.57. The van der Waals surface area contributed by atoms with Crippen molar-refractivity contribution in [3.63, 3.8) is 0 Å². The van der Waals surface area contributed by atoms with E-state index in [2.05, 4.69) is 4.74 Å². The molecule has 27 heavy (non-hydrogen) atoms. The number of anilines is 1. The normalized spacial score (nSPS) is 14.0. The van der Waals surface area contributed by atoms with E-state index in [1.807, 2.05) is 30.3 Å². The van der Waals surface area contributed by atoms with Gasteiger partial charge in [0.2, 0.25) is 0 Å². The number of ether oxygens (including phenoxy) is 2. The van der Waals surface area contributed by atoms with Crippen LogP contribution in [-0.4, -0.2) is 24.3 Å². The van der Waals surface area contributed by atoms with Crippen molar-refractivity contribution in [2.24, 2.45) is 0 Å².